The molecule has 3 aliphatic rings. The predicted molar refractivity (Wildman–Crippen MR) is 91.1 cm³/mol. The maximum absolute atomic E-state index is 12.2. The summed E-state index contributed by atoms with van der Waals surface area (Å²) in [5.41, 5.74) is 3.64. The molecule has 4 rings (SSSR count). The van der Waals surface area contributed by atoms with E-state index in [0.717, 1.165) is 44.6 Å². The summed E-state index contributed by atoms with van der Waals surface area (Å²) in [6.07, 6.45) is 3.34. The molecule has 1 aromatic rings. The topological polar surface area (TPSA) is 72.9 Å². The van der Waals surface area contributed by atoms with Crippen molar-refractivity contribution in [3.05, 3.63) is 23.8 Å². The molecule has 128 valence electrons. The fraction of sp³-hybridized carbons (Fsp3) is 0.556. The lowest BCUT2D eigenvalue weighted by atomic mass is 10.0. The van der Waals surface area contributed by atoms with E-state index in [2.05, 4.69) is 27.2 Å². The zero-order chi connectivity index (χ0) is 16.7. The van der Waals surface area contributed by atoms with Crippen LogP contribution in [0.15, 0.2) is 18.2 Å². The second-order valence-corrected chi connectivity index (χ2v) is 6.90. The summed E-state index contributed by atoms with van der Waals surface area (Å²) in [6, 6.07) is 6.02. The van der Waals surface area contributed by atoms with Crippen molar-refractivity contribution in [1.29, 1.82) is 0 Å². The molecule has 2 amide bonds. The van der Waals surface area contributed by atoms with Gasteiger partial charge in [-0.2, -0.15) is 0 Å². The molecular weight excluding hydrogens is 306 g/mol. The Morgan fingerprint density at radius 2 is 1.75 bits per heavy atom. The van der Waals surface area contributed by atoms with Crippen molar-refractivity contribution >= 4 is 23.2 Å². The van der Waals surface area contributed by atoms with Crippen molar-refractivity contribution in [2.24, 2.45) is 0 Å². The van der Waals surface area contributed by atoms with E-state index in [9.17, 15) is 14.7 Å². The lowest BCUT2D eigenvalue weighted by Gasteiger charge is -2.34. The van der Waals surface area contributed by atoms with Gasteiger partial charge in [-0.05, 0) is 37.8 Å². The van der Waals surface area contributed by atoms with Gasteiger partial charge in [0.2, 0.25) is 11.8 Å². The Balaban J connectivity index is 1.59. The van der Waals surface area contributed by atoms with Crippen molar-refractivity contribution in [1.82, 2.24) is 5.32 Å². The van der Waals surface area contributed by atoms with Crippen molar-refractivity contribution in [3.8, 4) is 0 Å². The molecule has 0 saturated carbocycles. The molecule has 2 fully saturated rings. The number of nitrogens with zero attached hydrogens (tertiary/aromatic N) is 2. The zero-order valence-corrected chi connectivity index (χ0v) is 13.7. The van der Waals surface area contributed by atoms with Gasteiger partial charge in [0.25, 0.3) is 0 Å². The standard InChI is InChI=1S/C18H23N3O3/c22-12-6-9-20(10-7-12)14-2-1-3-15-13(14)8-11-21(15)16-4-5-17(23)19-18(16)24/h1-3,12,16,22H,4-11H2,(H,19,23,24). The van der Waals surface area contributed by atoms with Crippen molar-refractivity contribution in [3.63, 3.8) is 0 Å². The number of nitrogens with one attached hydrogen (secondary N) is 1. The maximum atomic E-state index is 12.2. The Bertz CT molecular complexity index is 667. The number of fused-ring (bicyclic) bond motifs is 1. The van der Waals surface area contributed by atoms with E-state index >= 15 is 0 Å². The van der Waals surface area contributed by atoms with E-state index in [1.54, 1.807) is 0 Å². The third-order valence-corrected chi connectivity index (χ3v) is 5.43. The molecule has 0 spiro atoms. The first kappa shape index (κ1) is 15.4. The van der Waals surface area contributed by atoms with E-state index in [1.807, 2.05) is 6.07 Å². The number of amides is 2. The van der Waals surface area contributed by atoms with Crippen LogP contribution < -0.4 is 15.1 Å². The largest absolute Gasteiger partial charge is 0.393 e. The molecule has 2 N–H and O–H groups in total. The summed E-state index contributed by atoms with van der Waals surface area (Å²) >= 11 is 0. The molecule has 0 aliphatic carbocycles. The van der Waals surface area contributed by atoms with Gasteiger partial charge in [-0.15, -0.1) is 0 Å². The Morgan fingerprint density at radius 3 is 2.50 bits per heavy atom. The van der Waals surface area contributed by atoms with Gasteiger partial charge in [0.1, 0.15) is 6.04 Å². The van der Waals surface area contributed by atoms with Crippen LogP contribution in [0.1, 0.15) is 31.2 Å². The quantitative estimate of drug-likeness (QED) is 0.786. The average molecular weight is 329 g/mol. The number of imide groups is 1. The molecule has 1 atom stereocenters. The van der Waals surface area contributed by atoms with Crippen LogP contribution in [-0.4, -0.2) is 48.7 Å². The van der Waals surface area contributed by atoms with E-state index < -0.39 is 0 Å². The molecule has 1 aromatic carbocycles. The summed E-state index contributed by atoms with van der Waals surface area (Å²) < 4.78 is 0. The van der Waals surface area contributed by atoms with E-state index in [4.69, 9.17) is 0 Å². The zero-order valence-electron chi connectivity index (χ0n) is 13.7. The first-order chi connectivity index (χ1) is 11.6. The molecule has 6 nitrogen and oxygen atoms in total. The predicted octanol–water partition coefficient (Wildman–Crippen LogP) is 0.815. The lowest BCUT2D eigenvalue weighted by molar-refractivity contribution is -0.134. The molecule has 3 heterocycles. The number of aliphatic hydroxyl groups excluding tert-OH is 1. The second-order valence-electron chi connectivity index (χ2n) is 6.90. The van der Waals surface area contributed by atoms with Crippen LogP contribution in [0.3, 0.4) is 0 Å². The molecule has 2 saturated heterocycles. The highest BCUT2D eigenvalue weighted by atomic mass is 16.3. The fourth-order valence-electron chi connectivity index (χ4n) is 4.15. The van der Waals surface area contributed by atoms with Gasteiger partial charge >= 0.3 is 0 Å². The van der Waals surface area contributed by atoms with Crippen molar-refractivity contribution in [2.75, 3.05) is 29.4 Å². The minimum atomic E-state index is -0.248. The van der Waals surface area contributed by atoms with Gasteiger partial charge in [0.15, 0.2) is 0 Å². The van der Waals surface area contributed by atoms with Crippen LogP contribution >= 0.6 is 0 Å². The number of carbonyl (C=O) groups is 2. The molecular formula is C18H23N3O3. The van der Waals surface area contributed by atoms with Crippen molar-refractivity contribution < 1.29 is 14.7 Å². The minimum absolute atomic E-state index is 0.170. The second kappa shape index (κ2) is 6.09. The Labute approximate surface area is 141 Å². The number of hydrogen-bond acceptors (Lipinski definition) is 5. The summed E-state index contributed by atoms with van der Waals surface area (Å²) in [5.74, 6) is -0.345. The summed E-state index contributed by atoms with van der Waals surface area (Å²) in [7, 11) is 0. The Hall–Kier alpha value is -2.08. The van der Waals surface area contributed by atoms with E-state index in [0.29, 0.717) is 12.8 Å². The maximum Gasteiger partial charge on any atom is 0.249 e. The third kappa shape index (κ3) is 2.65. The van der Waals surface area contributed by atoms with Gasteiger partial charge in [-0.25, -0.2) is 0 Å². The summed E-state index contributed by atoms with van der Waals surface area (Å²) in [5, 5.41) is 12.2. The number of carbonyl (C=O) groups excluding carboxylic acids is 2. The highest BCUT2D eigenvalue weighted by molar-refractivity contribution is 6.02. The summed E-state index contributed by atoms with van der Waals surface area (Å²) in [6.45, 7) is 2.56. The Kier molecular flexibility index (Phi) is 3.92. The molecule has 6 heteroatoms. The van der Waals surface area contributed by atoms with Crippen LogP contribution in [0.4, 0.5) is 11.4 Å². The van der Waals surface area contributed by atoms with Crippen LogP contribution in [-0.2, 0) is 16.0 Å². The van der Waals surface area contributed by atoms with Crippen LogP contribution in [0.25, 0.3) is 0 Å². The molecule has 1 unspecified atom stereocenters. The van der Waals surface area contributed by atoms with Gasteiger partial charge in [0, 0.05) is 43.0 Å². The van der Waals surface area contributed by atoms with Gasteiger partial charge in [0.05, 0.1) is 6.10 Å². The van der Waals surface area contributed by atoms with Crippen LogP contribution in [0.2, 0.25) is 0 Å². The number of rotatable bonds is 2. The number of piperidine rings is 2. The smallest absolute Gasteiger partial charge is 0.249 e. The van der Waals surface area contributed by atoms with Crippen molar-refractivity contribution in [2.45, 2.75) is 44.2 Å². The van der Waals surface area contributed by atoms with Gasteiger partial charge in [-0.3, -0.25) is 14.9 Å². The first-order valence-corrected chi connectivity index (χ1v) is 8.79. The third-order valence-electron chi connectivity index (χ3n) is 5.43. The number of anilines is 2. The highest BCUT2D eigenvalue weighted by Crippen LogP contribution is 2.38. The SMILES string of the molecule is O=C1CCC(N2CCc3c(N4CCC(O)CC4)cccc32)C(=O)N1. The minimum Gasteiger partial charge on any atom is -0.393 e. The Morgan fingerprint density at radius 1 is 1.00 bits per heavy atom. The highest BCUT2D eigenvalue weighted by Gasteiger charge is 2.36. The molecule has 0 aromatic heterocycles. The number of benzene rings is 1. The number of aliphatic hydroxyl groups is 1. The lowest BCUT2D eigenvalue weighted by Crippen LogP contribution is -2.52. The molecule has 0 bridgehead atoms. The summed E-state index contributed by atoms with van der Waals surface area (Å²) in [4.78, 5) is 28.1. The van der Waals surface area contributed by atoms with Gasteiger partial charge in [-0.1, -0.05) is 6.07 Å². The van der Waals surface area contributed by atoms with Crippen LogP contribution in [0.5, 0.6) is 0 Å². The van der Waals surface area contributed by atoms with Crippen LogP contribution in [0, 0.1) is 0 Å². The van der Waals surface area contributed by atoms with Gasteiger partial charge < -0.3 is 14.9 Å². The van der Waals surface area contributed by atoms with E-state index in [-0.39, 0.29) is 24.0 Å². The normalized spacial score (nSPS) is 25.0. The fourth-order valence-corrected chi connectivity index (χ4v) is 4.15. The first-order valence-electron chi connectivity index (χ1n) is 8.79. The monoisotopic (exact) mass is 329 g/mol. The average Bonchev–Trinajstić information content (AvgIpc) is 3.00. The molecule has 3 aliphatic heterocycles. The van der Waals surface area contributed by atoms with E-state index in [1.165, 1.54) is 11.3 Å². The molecule has 24 heavy (non-hydrogen) atoms. The number of hydrogen-bond donors (Lipinski definition) is 2. The molecule has 0 radical (unpaired) electrons.